The molecule has 0 radical (unpaired) electrons. The van der Waals surface area contributed by atoms with Crippen molar-refractivity contribution in [2.45, 2.75) is 57.9 Å². The van der Waals surface area contributed by atoms with Gasteiger partial charge in [0.05, 0.1) is 16.6 Å². The fraction of sp³-hybridized carbons (Fsp3) is 0.321. The number of carbonyl (C=O) groups excluding carboxylic acids is 1. The van der Waals surface area contributed by atoms with E-state index in [9.17, 15) is 13.2 Å². The second kappa shape index (κ2) is 10.0. The molecule has 0 heterocycles. The van der Waals surface area contributed by atoms with Crippen LogP contribution in [0.15, 0.2) is 77.7 Å². The van der Waals surface area contributed by atoms with Crippen molar-refractivity contribution in [3.63, 3.8) is 0 Å². The smallest absolute Gasteiger partial charge is 0.264 e. The Kier molecular flexibility index (Phi) is 7.51. The molecule has 180 valence electrons. The van der Waals surface area contributed by atoms with Crippen molar-refractivity contribution in [3.8, 4) is 0 Å². The molecule has 0 spiro atoms. The minimum atomic E-state index is -3.93. The number of sulfonamides is 1. The van der Waals surface area contributed by atoms with Gasteiger partial charge in [-0.3, -0.25) is 9.10 Å². The Morgan fingerprint density at radius 2 is 1.56 bits per heavy atom. The molecular formula is C28H34N2O3S. The normalized spacial score (nSPS) is 12.8. The van der Waals surface area contributed by atoms with Crippen LogP contribution in [0.1, 0.15) is 56.0 Å². The molecule has 0 bridgehead atoms. The molecule has 0 aromatic heterocycles. The van der Waals surface area contributed by atoms with E-state index in [4.69, 9.17) is 0 Å². The quantitative estimate of drug-likeness (QED) is 0.475. The van der Waals surface area contributed by atoms with Gasteiger partial charge in [0.15, 0.2) is 0 Å². The first-order chi connectivity index (χ1) is 15.9. The molecule has 6 heteroatoms. The molecule has 0 unspecified atom stereocenters. The van der Waals surface area contributed by atoms with Gasteiger partial charge in [-0.1, -0.05) is 80.9 Å². The number of aryl methyl sites for hydroxylation is 2. The van der Waals surface area contributed by atoms with Crippen LogP contribution >= 0.6 is 0 Å². The maximum absolute atomic E-state index is 13.5. The Bertz CT molecular complexity index is 1250. The highest BCUT2D eigenvalue weighted by Crippen LogP contribution is 2.28. The van der Waals surface area contributed by atoms with Crippen molar-refractivity contribution in [1.82, 2.24) is 5.32 Å². The highest BCUT2D eigenvalue weighted by Gasteiger charge is 2.28. The average Bonchev–Trinajstić information content (AvgIpc) is 2.78. The largest absolute Gasteiger partial charge is 0.348 e. The highest BCUT2D eigenvalue weighted by atomic mass is 32.2. The first-order valence-electron chi connectivity index (χ1n) is 11.4. The Hall–Kier alpha value is -3.12. The van der Waals surface area contributed by atoms with Crippen molar-refractivity contribution in [1.29, 1.82) is 0 Å². The van der Waals surface area contributed by atoms with Crippen molar-refractivity contribution in [3.05, 3.63) is 95.1 Å². The average molecular weight is 479 g/mol. The van der Waals surface area contributed by atoms with Gasteiger partial charge in [-0.05, 0) is 61.1 Å². The molecule has 0 saturated heterocycles. The van der Waals surface area contributed by atoms with E-state index in [1.165, 1.54) is 9.87 Å². The maximum Gasteiger partial charge on any atom is 0.264 e. The van der Waals surface area contributed by atoms with Crippen molar-refractivity contribution in [2.24, 2.45) is 0 Å². The predicted octanol–water partition coefficient (Wildman–Crippen LogP) is 5.67. The monoisotopic (exact) mass is 478 g/mol. The second-order valence-electron chi connectivity index (χ2n) is 9.78. The van der Waals surface area contributed by atoms with Gasteiger partial charge >= 0.3 is 0 Å². The molecule has 5 nitrogen and oxygen atoms in total. The van der Waals surface area contributed by atoms with E-state index in [0.717, 1.165) is 16.7 Å². The van der Waals surface area contributed by atoms with Crippen LogP contribution in [0, 0.1) is 13.8 Å². The number of hydrogen-bond acceptors (Lipinski definition) is 3. The molecule has 0 aliphatic rings. The van der Waals surface area contributed by atoms with Gasteiger partial charge in [0.1, 0.15) is 6.54 Å². The fourth-order valence-corrected chi connectivity index (χ4v) is 5.38. The standard InChI is InChI=1S/C28H34N2O3S/c1-20-12-17-26(21(2)18-20)30(34(32,33)25-10-8-7-9-11-25)19-27(31)29-22(3)23-13-15-24(16-14-23)28(4,5)6/h7-18,22H,19H2,1-6H3,(H,29,31)/t22-/m1/s1. The molecule has 0 aliphatic heterocycles. The Balaban J connectivity index is 1.87. The third-order valence-electron chi connectivity index (χ3n) is 5.89. The summed E-state index contributed by atoms with van der Waals surface area (Å²) < 4.78 is 28.3. The van der Waals surface area contributed by atoms with Gasteiger partial charge in [-0.25, -0.2) is 8.42 Å². The maximum atomic E-state index is 13.5. The predicted molar refractivity (Wildman–Crippen MR) is 139 cm³/mol. The van der Waals surface area contributed by atoms with Crippen molar-refractivity contribution in [2.75, 3.05) is 10.8 Å². The van der Waals surface area contributed by atoms with E-state index in [1.54, 1.807) is 36.4 Å². The second-order valence-corrected chi connectivity index (χ2v) is 11.6. The number of anilines is 1. The number of benzene rings is 3. The van der Waals surface area contributed by atoms with Gasteiger partial charge < -0.3 is 5.32 Å². The Morgan fingerprint density at radius 1 is 0.941 bits per heavy atom. The van der Waals surface area contributed by atoms with Gasteiger partial charge in [-0.15, -0.1) is 0 Å². The van der Waals surface area contributed by atoms with E-state index in [-0.39, 0.29) is 28.8 Å². The summed E-state index contributed by atoms with van der Waals surface area (Å²) in [6.45, 7) is 11.9. The summed E-state index contributed by atoms with van der Waals surface area (Å²) in [6.07, 6.45) is 0. The summed E-state index contributed by atoms with van der Waals surface area (Å²) in [5, 5.41) is 2.96. The summed E-state index contributed by atoms with van der Waals surface area (Å²) >= 11 is 0. The van der Waals surface area contributed by atoms with Gasteiger partial charge in [0, 0.05) is 0 Å². The topological polar surface area (TPSA) is 66.5 Å². The van der Waals surface area contributed by atoms with E-state index in [2.05, 4.69) is 38.2 Å². The summed E-state index contributed by atoms with van der Waals surface area (Å²) in [5.74, 6) is -0.369. The summed E-state index contributed by atoms with van der Waals surface area (Å²) in [4.78, 5) is 13.2. The summed E-state index contributed by atoms with van der Waals surface area (Å²) in [7, 11) is -3.93. The number of nitrogens with one attached hydrogen (secondary N) is 1. The molecule has 1 amide bonds. The molecular weight excluding hydrogens is 444 g/mol. The third kappa shape index (κ3) is 5.86. The summed E-state index contributed by atoms with van der Waals surface area (Å²) in [6, 6.07) is 21.6. The van der Waals surface area contributed by atoms with Crippen molar-refractivity contribution < 1.29 is 13.2 Å². The van der Waals surface area contributed by atoms with Crippen LogP contribution in [0.25, 0.3) is 0 Å². The van der Waals surface area contributed by atoms with Gasteiger partial charge in [0.25, 0.3) is 10.0 Å². The zero-order valence-corrected chi connectivity index (χ0v) is 21.6. The fourth-order valence-electron chi connectivity index (χ4n) is 3.88. The van der Waals surface area contributed by atoms with E-state index in [1.807, 2.05) is 45.0 Å². The molecule has 0 aliphatic carbocycles. The van der Waals surface area contributed by atoms with Crippen LogP contribution in [0.3, 0.4) is 0 Å². The first kappa shape index (κ1) is 25.5. The first-order valence-corrected chi connectivity index (χ1v) is 12.9. The lowest BCUT2D eigenvalue weighted by Gasteiger charge is -2.27. The highest BCUT2D eigenvalue weighted by molar-refractivity contribution is 7.92. The molecule has 3 aromatic rings. The van der Waals surface area contributed by atoms with Crippen LogP contribution in [-0.4, -0.2) is 20.9 Å². The molecule has 3 rings (SSSR count). The number of rotatable bonds is 7. The third-order valence-corrected chi connectivity index (χ3v) is 7.67. The molecule has 34 heavy (non-hydrogen) atoms. The molecule has 1 N–H and O–H groups in total. The van der Waals surface area contributed by atoms with Crippen LogP contribution in [0.4, 0.5) is 5.69 Å². The number of hydrogen-bond donors (Lipinski definition) is 1. The lowest BCUT2D eigenvalue weighted by molar-refractivity contribution is -0.120. The molecule has 0 fully saturated rings. The lowest BCUT2D eigenvalue weighted by atomic mass is 9.86. The van der Waals surface area contributed by atoms with E-state index < -0.39 is 10.0 Å². The van der Waals surface area contributed by atoms with E-state index in [0.29, 0.717) is 5.69 Å². The molecule has 0 saturated carbocycles. The van der Waals surface area contributed by atoms with Gasteiger partial charge in [0.2, 0.25) is 5.91 Å². The van der Waals surface area contributed by atoms with E-state index >= 15 is 0 Å². The lowest BCUT2D eigenvalue weighted by Crippen LogP contribution is -2.42. The SMILES string of the molecule is Cc1ccc(N(CC(=O)N[C@H](C)c2ccc(C(C)(C)C)cc2)S(=O)(=O)c2ccccc2)c(C)c1. The van der Waals surface area contributed by atoms with Crippen LogP contribution in [-0.2, 0) is 20.2 Å². The number of amides is 1. The van der Waals surface area contributed by atoms with Crippen LogP contribution in [0.2, 0.25) is 0 Å². The Labute approximate surface area is 203 Å². The minimum Gasteiger partial charge on any atom is -0.348 e. The van der Waals surface area contributed by atoms with Gasteiger partial charge in [-0.2, -0.15) is 0 Å². The molecule has 3 aromatic carbocycles. The minimum absolute atomic E-state index is 0.0449. The number of nitrogens with zero attached hydrogens (tertiary/aromatic N) is 1. The van der Waals surface area contributed by atoms with Crippen LogP contribution in [0.5, 0.6) is 0 Å². The summed E-state index contributed by atoms with van der Waals surface area (Å²) in [5.41, 5.74) is 4.53. The zero-order chi connectivity index (χ0) is 25.1. The number of carbonyl (C=O) groups is 1. The van der Waals surface area contributed by atoms with Crippen molar-refractivity contribution >= 4 is 21.6 Å². The molecule has 1 atom stereocenters. The Morgan fingerprint density at radius 3 is 2.12 bits per heavy atom. The van der Waals surface area contributed by atoms with Crippen LogP contribution < -0.4 is 9.62 Å². The zero-order valence-electron chi connectivity index (χ0n) is 20.8.